The van der Waals surface area contributed by atoms with Crippen molar-refractivity contribution in [2.24, 2.45) is 0 Å². The fraction of sp³-hybridized carbons (Fsp3) is 0.143. The van der Waals surface area contributed by atoms with Crippen molar-refractivity contribution in [2.45, 2.75) is 13.8 Å². The van der Waals surface area contributed by atoms with Crippen LogP contribution in [0.5, 0.6) is 5.75 Å². The molecule has 92 valence electrons. The number of carbonyl (C=O) groups excluding carboxylic acids is 1. The van der Waals surface area contributed by atoms with Crippen LogP contribution in [0.1, 0.15) is 21.6 Å². The highest BCUT2D eigenvalue weighted by Gasteiger charge is 2.08. The van der Waals surface area contributed by atoms with E-state index in [1.54, 1.807) is 37.4 Å². The summed E-state index contributed by atoms with van der Waals surface area (Å²) < 4.78 is 0. The highest BCUT2D eigenvalue weighted by molar-refractivity contribution is 6.04. The van der Waals surface area contributed by atoms with Gasteiger partial charge in [0.15, 0.2) is 0 Å². The molecule has 18 heavy (non-hydrogen) atoms. The molecule has 0 radical (unpaired) electrons. The number of rotatable bonds is 2. The summed E-state index contributed by atoms with van der Waals surface area (Å²) in [6.45, 7) is 3.64. The third-order valence-corrected chi connectivity index (χ3v) is 2.63. The molecule has 1 heterocycles. The van der Waals surface area contributed by atoms with E-state index >= 15 is 0 Å². The molecular weight excluding hydrogens is 228 g/mol. The molecular formula is C14H14N2O2. The summed E-state index contributed by atoms with van der Waals surface area (Å²) in [5.41, 5.74) is 2.69. The summed E-state index contributed by atoms with van der Waals surface area (Å²) in [5.74, 6) is -0.135. The van der Waals surface area contributed by atoms with Crippen molar-refractivity contribution >= 4 is 11.6 Å². The number of nitrogens with one attached hydrogen (secondary N) is 1. The molecule has 4 heteroatoms. The van der Waals surface area contributed by atoms with Gasteiger partial charge in [0.25, 0.3) is 5.91 Å². The van der Waals surface area contributed by atoms with Gasteiger partial charge in [-0.1, -0.05) is 6.07 Å². The molecule has 0 spiro atoms. The van der Waals surface area contributed by atoms with Crippen LogP contribution in [-0.2, 0) is 0 Å². The Balaban J connectivity index is 2.19. The number of aryl methyl sites for hydroxylation is 2. The highest BCUT2D eigenvalue weighted by atomic mass is 16.3. The summed E-state index contributed by atoms with van der Waals surface area (Å²) in [7, 11) is 0. The molecule has 1 aromatic carbocycles. The van der Waals surface area contributed by atoms with E-state index in [-0.39, 0.29) is 11.7 Å². The van der Waals surface area contributed by atoms with Crippen molar-refractivity contribution in [1.29, 1.82) is 0 Å². The fourth-order valence-electron chi connectivity index (χ4n) is 1.58. The topological polar surface area (TPSA) is 62.2 Å². The van der Waals surface area contributed by atoms with Gasteiger partial charge in [0.1, 0.15) is 5.75 Å². The van der Waals surface area contributed by atoms with Crippen molar-refractivity contribution in [3.63, 3.8) is 0 Å². The van der Waals surface area contributed by atoms with Gasteiger partial charge in [-0.25, -0.2) is 0 Å². The summed E-state index contributed by atoms with van der Waals surface area (Å²) in [4.78, 5) is 16.0. The minimum absolute atomic E-state index is 0.119. The van der Waals surface area contributed by atoms with Crippen molar-refractivity contribution in [3.05, 3.63) is 53.3 Å². The number of hydrogen-bond donors (Lipinski definition) is 2. The molecule has 0 aliphatic carbocycles. The maximum Gasteiger partial charge on any atom is 0.255 e. The van der Waals surface area contributed by atoms with Crippen molar-refractivity contribution < 1.29 is 9.90 Å². The molecule has 2 aromatic rings. The Labute approximate surface area is 105 Å². The van der Waals surface area contributed by atoms with Gasteiger partial charge in [0.05, 0.1) is 0 Å². The van der Waals surface area contributed by atoms with Crippen LogP contribution in [0.4, 0.5) is 5.69 Å². The van der Waals surface area contributed by atoms with E-state index in [0.29, 0.717) is 11.3 Å². The van der Waals surface area contributed by atoms with E-state index in [2.05, 4.69) is 10.3 Å². The number of phenols is 1. The maximum atomic E-state index is 11.9. The number of carbonyl (C=O) groups is 1. The van der Waals surface area contributed by atoms with E-state index in [0.717, 1.165) is 11.3 Å². The summed E-state index contributed by atoms with van der Waals surface area (Å²) in [6, 6.07) is 8.35. The van der Waals surface area contributed by atoms with Crippen LogP contribution in [-0.4, -0.2) is 16.0 Å². The SMILES string of the molecule is Cc1cc(NC(=O)c2ccc(C)c(O)c2)ccn1. The molecule has 0 unspecified atom stereocenters. The van der Waals surface area contributed by atoms with Gasteiger partial charge in [-0.05, 0) is 43.7 Å². The van der Waals surface area contributed by atoms with E-state index in [9.17, 15) is 9.90 Å². The smallest absolute Gasteiger partial charge is 0.255 e. The molecule has 2 N–H and O–H groups in total. The zero-order valence-electron chi connectivity index (χ0n) is 10.3. The van der Waals surface area contributed by atoms with Gasteiger partial charge >= 0.3 is 0 Å². The number of amides is 1. The first kappa shape index (κ1) is 12.1. The van der Waals surface area contributed by atoms with Crippen LogP contribution in [0.3, 0.4) is 0 Å². The Morgan fingerprint density at radius 2 is 2.00 bits per heavy atom. The Morgan fingerprint density at radius 3 is 2.67 bits per heavy atom. The number of hydrogen-bond acceptors (Lipinski definition) is 3. The van der Waals surface area contributed by atoms with Gasteiger partial charge < -0.3 is 10.4 Å². The molecule has 2 rings (SSSR count). The zero-order chi connectivity index (χ0) is 13.1. The Bertz CT molecular complexity index is 594. The van der Waals surface area contributed by atoms with E-state index in [1.807, 2.05) is 6.92 Å². The van der Waals surface area contributed by atoms with E-state index in [1.165, 1.54) is 6.07 Å². The third kappa shape index (κ3) is 2.66. The molecule has 0 aliphatic heterocycles. The number of phenolic OH excluding ortho intramolecular Hbond substituents is 1. The van der Waals surface area contributed by atoms with E-state index < -0.39 is 0 Å². The number of benzene rings is 1. The van der Waals surface area contributed by atoms with Gasteiger partial charge in [-0.3, -0.25) is 9.78 Å². The normalized spacial score (nSPS) is 10.1. The summed E-state index contributed by atoms with van der Waals surface area (Å²) >= 11 is 0. The second kappa shape index (κ2) is 4.87. The molecule has 0 saturated heterocycles. The Hall–Kier alpha value is -2.36. The number of anilines is 1. The molecule has 0 saturated carbocycles. The predicted octanol–water partition coefficient (Wildman–Crippen LogP) is 2.66. The van der Waals surface area contributed by atoms with Gasteiger partial charge in [0, 0.05) is 23.1 Å². The first-order chi connectivity index (χ1) is 8.56. The summed E-state index contributed by atoms with van der Waals surface area (Å²) in [5, 5.41) is 12.3. The Morgan fingerprint density at radius 1 is 1.22 bits per heavy atom. The van der Waals surface area contributed by atoms with Crippen LogP contribution < -0.4 is 5.32 Å². The summed E-state index contributed by atoms with van der Waals surface area (Å²) in [6.07, 6.45) is 1.64. The molecule has 4 nitrogen and oxygen atoms in total. The second-order valence-corrected chi connectivity index (χ2v) is 4.14. The number of aromatic hydroxyl groups is 1. The lowest BCUT2D eigenvalue weighted by molar-refractivity contribution is 0.102. The van der Waals surface area contributed by atoms with Crippen molar-refractivity contribution in [1.82, 2.24) is 4.98 Å². The van der Waals surface area contributed by atoms with Crippen LogP contribution in [0.15, 0.2) is 36.5 Å². The molecule has 0 fully saturated rings. The first-order valence-electron chi connectivity index (χ1n) is 5.60. The van der Waals surface area contributed by atoms with Crippen molar-refractivity contribution in [3.8, 4) is 5.75 Å². The fourth-order valence-corrected chi connectivity index (χ4v) is 1.58. The lowest BCUT2D eigenvalue weighted by Gasteiger charge is -2.07. The number of aromatic nitrogens is 1. The monoisotopic (exact) mass is 242 g/mol. The van der Waals surface area contributed by atoms with E-state index in [4.69, 9.17) is 0 Å². The van der Waals surface area contributed by atoms with Gasteiger partial charge in [-0.2, -0.15) is 0 Å². The number of nitrogens with zero attached hydrogens (tertiary/aromatic N) is 1. The van der Waals surface area contributed by atoms with Crippen LogP contribution in [0, 0.1) is 13.8 Å². The molecule has 1 amide bonds. The minimum Gasteiger partial charge on any atom is -0.508 e. The van der Waals surface area contributed by atoms with Crippen LogP contribution >= 0.6 is 0 Å². The molecule has 0 aliphatic rings. The number of pyridine rings is 1. The molecule has 0 bridgehead atoms. The highest BCUT2D eigenvalue weighted by Crippen LogP contribution is 2.18. The second-order valence-electron chi connectivity index (χ2n) is 4.14. The zero-order valence-corrected chi connectivity index (χ0v) is 10.3. The quantitative estimate of drug-likeness (QED) is 0.851. The predicted molar refractivity (Wildman–Crippen MR) is 69.8 cm³/mol. The minimum atomic E-state index is -0.254. The third-order valence-electron chi connectivity index (χ3n) is 2.63. The van der Waals surface area contributed by atoms with Gasteiger partial charge in [-0.15, -0.1) is 0 Å². The first-order valence-corrected chi connectivity index (χ1v) is 5.60. The lowest BCUT2D eigenvalue weighted by atomic mass is 10.1. The average molecular weight is 242 g/mol. The van der Waals surface area contributed by atoms with Crippen LogP contribution in [0.2, 0.25) is 0 Å². The average Bonchev–Trinajstić information content (AvgIpc) is 2.32. The Kier molecular flexibility index (Phi) is 3.28. The van der Waals surface area contributed by atoms with Gasteiger partial charge in [0.2, 0.25) is 0 Å². The maximum absolute atomic E-state index is 11.9. The molecule has 0 atom stereocenters. The largest absolute Gasteiger partial charge is 0.508 e. The van der Waals surface area contributed by atoms with Crippen molar-refractivity contribution in [2.75, 3.05) is 5.32 Å². The molecule has 1 aromatic heterocycles. The standard InChI is InChI=1S/C14H14N2O2/c1-9-3-4-11(8-13(9)17)14(18)16-12-5-6-15-10(2)7-12/h3-8,17H,1-2H3,(H,15,16,18). The lowest BCUT2D eigenvalue weighted by Crippen LogP contribution is -2.12. The van der Waals surface area contributed by atoms with Crippen LogP contribution in [0.25, 0.3) is 0 Å².